The lowest BCUT2D eigenvalue weighted by Crippen LogP contribution is -2.19. The average molecular weight is 408 g/mol. The van der Waals surface area contributed by atoms with E-state index in [0.29, 0.717) is 27.5 Å². The number of benzene rings is 3. The molecular weight excluding hydrogens is 390 g/mol. The molecule has 3 aromatic rings. The number of rotatable bonds is 5. The fourth-order valence-corrected chi connectivity index (χ4v) is 2.82. The minimum atomic E-state index is -0.351. The number of nitrogens with one attached hydrogen (secondary N) is 3. The average Bonchev–Trinajstić information content (AvgIpc) is 2.75. The van der Waals surface area contributed by atoms with Crippen LogP contribution in [0.3, 0.4) is 0 Å². The second-order valence-electron chi connectivity index (χ2n) is 6.13. The lowest BCUT2D eigenvalue weighted by Gasteiger charge is -2.09. The van der Waals surface area contributed by atoms with Crippen LogP contribution in [0.2, 0.25) is 5.02 Å². The van der Waals surface area contributed by atoms with Crippen LogP contribution in [0, 0.1) is 0 Å². The first-order valence-electron chi connectivity index (χ1n) is 8.77. The van der Waals surface area contributed by atoms with Gasteiger partial charge >= 0.3 is 0 Å². The Bertz CT molecular complexity index is 1050. The zero-order valence-electron chi connectivity index (χ0n) is 15.5. The molecule has 7 heteroatoms. The minimum Gasteiger partial charge on any atom is -0.355 e. The zero-order chi connectivity index (χ0) is 20.8. The molecule has 0 heterocycles. The normalized spacial score (nSPS) is 10.1. The number of halogens is 1. The Hall–Kier alpha value is -3.64. The summed E-state index contributed by atoms with van der Waals surface area (Å²) in [5, 5.41) is 8.29. The van der Waals surface area contributed by atoms with Gasteiger partial charge in [0, 0.05) is 29.5 Å². The molecular formula is C22H18ClN3O3. The Morgan fingerprint density at radius 1 is 0.690 bits per heavy atom. The SMILES string of the molecule is CNC(=O)c1cc(NC(=O)c2ccc(NC(=O)c3ccccc3)cc2)ccc1Cl. The lowest BCUT2D eigenvalue weighted by molar-refractivity contribution is 0.0961. The molecule has 0 unspecified atom stereocenters. The minimum absolute atomic E-state index is 0.231. The van der Waals surface area contributed by atoms with Crippen molar-refractivity contribution in [2.45, 2.75) is 0 Å². The second-order valence-corrected chi connectivity index (χ2v) is 6.53. The summed E-state index contributed by atoms with van der Waals surface area (Å²) < 4.78 is 0. The molecule has 3 amide bonds. The van der Waals surface area contributed by atoms with E-state index in [-0.39, 0.29) is 23.3 Å². The molecule has 146 valence electrons. The maximum absolute atomic E-state index is 12.5. The van der Waals surface area contributed by atoms with Crippen molar-refractivity contribution in [1.82, 2.24) is 5.32 Å². The molecule has 0 spiro atoms. The highest BCUT2D eigenvalue weighted by molar-refractivity contribution is 6.34. The molecule has 0 saturated carbocycles. The molecule has 0 atom stereocenters. The van der Waals surface area contributed by atoms with Crippen LogP contribution in [0.5, 0.6) is 0 Å². The van der Waals surface area contributed by atoms with Gasteiger partial charge in [0.15, 0.2) is 0 Å². The van der Waals surface area contributed by atoms with Crippen LogP contribution in [0.15, 0.2) is 72.8 Å². The number of amides is 3. The van der Waals surface area contributed by atoms with E-state index in [2.05, 4.69) is 16.0 Å². The molecule has 6 nitrogen and oxygen atoms in total. The van der Waals surface area contributed by atoms with Crippen LogP contribution < -0.4 is 16.0 Å². The third kappa shape index (κ3) is 5.00. The number of carbonyl (C=O) groups is 3. The van der Waals surface area contributed by atoms with Crippen molar-refractivity contribution < 1.29 is 14.4 Å². The highest BCUT2D eigenvalue weighted by Crippen LogP contribution is 2.21. The van der Waals surface area contributed by atoms with Crippen molar-refractivity contribution in [1.29, 1.82) is 0 Å². The van der Waals surface area contributed by atoms with Gasteiger partial charge in [-0.1, -0.05) is 29.8 Å². The number of anilines is 2. The summed E-state index contributed by atoms with van der Waals surface area (Å²) in [6.07, 6.45) is 0. The fourth-order valence-electron chi connectivity index (χ4n) is 2.61. The Morgan fingerprint density at radius 2 is 1.24 bits per heavy atom. The summed E-state index contributed by atoms with van der Waals surface area (Å²) >= 11 is 6.02. The highest BCUT2D eigenvalue weighted by Gasteiger charge is 2.12. The summed E-state index contributed by atoms with van der Waals surface area (Å²) in [5.74, 6) is -0.925. The van der Waals surface area contributed by atoms with Crippen LogP contribution in [-0.2, 0) is 0 Å². The van der Waals surface area contributed by atoms with Gasteiger partial charge in [-0.05, 0) is 54.6 Å². The van der Waals surface area contributed by atoms with E-state index in [1.165, 1.54) is 13.1 Å². The van der Waals surface area contributed by atoms with E-state index < -0.39 is 0 Å². The third-order valence-electron chi connectivity index (χ3n) is 4.14. The summed E-state index contributed by atoms with van der Waals surface area (Å²) in [4.78, 5) is 36.5. The first-order chi connectivity index (χ1) is 14.0. The molecule has 0 aliphatic rings. The van der Waals surface area contributed by atoms with Gasteiger partial charge < -0.3 is 16.0 Å². The summed E-state index contributed by atoms with van der Waals surface area (Å²) in [5.41, 5.74) is 2.23. The molecule has 29 heavy (non-hydrogen) atoms. The number of carbonyl (C=O) groups excluding carboxylic acids is 3. The van der Waals surface area contributed by atoms with Crippen LogP contribution in [0.1, 0.15) is 31.1 Å². The molecule has 3 aromatic carbocycles. The fraction of sp³-hybridized carbons (Fsp3) is 0.0455. The second kappa shape index (κ2) is 9.03. The Morgan fingerprint density at radius 3 is 1.86 bits per heavy atom. The zero-order valence-corrected chi connectivity index (χ0v) is 16.3. The van der Waals surface area contributed by atoms with Crippen molar-refractivity contribution in [2.75, 3.05) is 17.7 Å². The largest absolute Gasteiger partial charge is 0.355 e. The highest BCUT2D eigenvalue weighted by atomic mass is 35.5. The summed E-state index contributed by atoms with van der Waals surface area (Å²) in [6, 6.07) is 20.0. The molecule has 0 aromatic heterocycles. The van der Waals surface area contributed by atoms with Gasteiger partial charge in [0.2, 0.25) is 0 Å². The van der Waals surface area contributed by atoms with Gasteiger partial charge in [-0.25, -0.2) is 0 Å². The summed E-state index contributed by atoms with van der Waals surface area (Å²) in [7, 11) is 1.50. The number of hydrogen-bond donors (Lipinski definition) is 3. The molecule has 3 rings (SSSR count). The molecule has 0 aliphatic carbocycles. The maximum atomic E-state index is 12.5. The first kappa shape index (κ1) is 20.1. The van der Waals surface area contributed by atoms with Crippen molar-refractivity contribution in [3.05, 3.63) is 94.5 Å². The van der Waals surface area contributed by atoms with Gasteiger partial charge in [0.05, 0.1) is 10.6 Å². The van der Waals surface area contributed by atoms with E-state index in [1.54, 1.807) is 60.7 Å². The van der Waals surface area contributed by atoms with Crippen LogP contribution in [0.25, 0.3) is 0 Å². The van der Waals surface area contributed by atoms with Crippen LogP contribution in [-0.4, -0.2) is 24.8 Å². The quantitative estimate of drug-likeness (QED) is 0.592. The van der Waals surface area contributed by atoms with E-state index in [4.69, 9.17) is 11.6 Å². The predicted octanol–water partition coefficient (Wildman–Crippen LogP) is 4.20. The smallest absolute Gasteiger partial charge is 0.255 e. The third-order valence-corrected chi connectivity index (χ3v) is 4.47. The molecule has 0 radical (unpaired) electrons. The van der Waals surface area contributed by atoms with Crippen molar-refractivity contribution in [3.63, 3.8) is 0 Å². The Labute approximate surface area is 172 Å². The Kier molecular flexibility index (Phi) is 6.26. The van der Waals surface area contributed by atoms with Crippen molar-refractivity contribution >= 4 is 40.7 Å². The van der Waals surface area contributed by atoms with E-state index in [1.807, 2.05) is 6.07 Å². The Balaban J connectivity index is 1.68. The molecule has 0 fully saturated rings. The van der Waals surface area contributed by atoms with E-state index in [9.17, 15) is 14.4 Å². The topological polar surface area (TPSA) is 87.3 Å². The van der Waals surface area contributed by atoms with Gasteiger partial charge in [0.1, 0.15) is 0 Å². The van der Waals surface area contributed by atoms with Crippen LogP contribution in [0.4, 0.5) is 11.4 Å². The molecule has 0 saturated heterocycles. The van der Waals surface area contributed by atoms with Crippen molar-refractivity contribution in [3.8, 4) is 0 Å². The monoisotopic (exact) mass is 407 g/mol. The molecule has 0 aliphatic heterocycles. The van der Waals surface area contributed by atoms with Gasteiger partial charge in [0.25, 0.3) is 17.7 Å². The van der Waals surface area contributed by atoms with Gasteiger partial charge in [-0.15, -0.1) is 0 Å². The summed E-state index contributed by atoms with van der Waals surface area (Å²) in [6.45, 7) is 0. The first-order valence-corrected chi connectivity index (χ1v) is 9.15. The van der Waals surface area contributed by atoms with Gasteiger partial charge in [-0.3, -0.25) is 14.4 Å². The van der Waals surface area contributed by atoms with E-state index in [0.717, 1.165) is 0 Å². The standard InChI is InChI=1S/C22H18ClN3O3/c1-24-22(29)18-13-17(11-12-19(18)23)26-21(28)15-7-9-16(10-8-15)25-20(27)14-5-3-2-4-6-14/h2-13H,1H3,(H,24,29)(H,25,27)(H,26,28). The lowest BCUT2D eigenvalue weighted by atomic mass is 10.1. The molecule has 3 N–H and O–H groups in total. The van der Waals surface area contributed by atoms with E-state index >= 15 is 0 Å². The maximum Gasteiger partial charge on any atom is 0.255 e. The number of hydrogen-bond acceptors (Lipinski definition) is 3. The molecule has 0 bridgehead atoms. The van der Waals surface area contributed by atoms with Crippen molar-refractivity contribution in [2.24, 2.45) is 0 Å². The van der Waals surface area contributed by atoms with Crippen LogP contribution >= 0.6 is 11.6 Å². The predicted molar refractivity (Wildman–Crippen MR) is 114 cm³/mol. The van der Waals surface area contributed by atoms with Gasteiger partial charge in [-0.2, -0.15) is 0 Å².